The van der Waals surface area contributed by atoms with E-state index in [0.29, 0.717) is 17.8 Å². The first kappa shape index (κ1) is 12.2. The molecular formula is C15H14NO2. The Kier molecular flexibility index (Phi) is 3.63. The van der Waals surface area contributed by atoms with E-state index in [9.17, 15) is 4.79 Å². The van der Waals surface area contributed by atoms with Crippen LogP contribution in [0.25, 0.3) is 0 Å². The Bertz CT molecular complexity index is 517. The van der Waals surface area contributed by atoms with Crippen molar-refractivity contribution in [3.8, 4) is 5.75 Å². The molecule has 2 aromatic carbocycles. The highest BCUT2D eigenvalue weighted by atomic mass is 16.7. The van der Waals surface area contributed by atoms with Gasteiger partial charge in [0.1, 0.15) is 0 Å². The third kappa shape index (κ3) is 2.88. The minimum atomic E-state index is 0.617. The summed E-state index contributed by atoms with van der Waals surface area (Å²) in [6.07, 6.45) is 0.637. The molecule has 0 atom stereocenters. The van der Waals surface area contributed by atoms with Crippen molar-refractivity contribution < 1.29 is 9.63 Å². The van der Waals surface area contributed by atoms with Crippen molar-refractivity contribution in [3.63, 3.8) is 0 Å². The third-order valence-electron chi connectivity index (χ3n) is 2.51. The van der Waals surface area contributed by atoms with E-state index in [1.807, 2.05) is 43.3 Å². The zero-order valence-electron chi connectivity index (χ0n) is 10.2. The first-order valence-corrected chi connectivity index (χ1v) is 5.60. The molecule has 0 unspecified atom stereocenters. The van der Waals surface area contributed by atoms with Gasteiger partial charge < -0.3 is 4.84 Å². The fraction of sp³-hybridized carbons (Fsp3) is 0.0667. The van der Waals surface area contributed by atoms with Crippen molar-refractivity contribution >= 4 is 12.1 Å². The maximum absolute atomic E-state index is 11.0. The van der Waals surface area contributed by atoms with Crippen LogP contribution in [0.3, 0.4) is 0 Å². The molecule has 3 heteroatoms. The monoisotopic (exact) mass is 240 g/mol. The molecule has 18 heavy (non-hydrogen) atoms. The molecule has 2 aromatic rings. The maximum atomic E-state index is 11.0. The zero-order valence-corrected chi connectivity index (χ0v) is 10.2. The van der Waals surface area contributed by atoms with Crippen LogP contribution >= 0.6 is 0 Å². The Morgan fingerprint density at radius 3 is 2.22 bits per heavy atom. The summed E-state index contributed by atoms with van der Waals surface area (Å²) in [6, 6.07) is 14.7. The minimum absolute atomic E-state index is 0.617. The Labute approximate surface area is 107 Å². The molecule has 91 valence electrons. The fourth-order valence-electron chi connectivity index (χ4n) is 1.49. The van der Waals surface area contributed by atoms with E-state index in [2.05, 4.69) is 6.92 Å². The van der Waals surface area contributed by atoms with Gasteiger partial charge in [0.2, 0.25) is 6.41 Å². The minimum Gasteiger partial charge on any atom is -0.372 e. The Morgan fingerprint density at radius 2 is 1.67 bits per heavy atom. The molecule has 0 saturated heterocycles. The van der Waals surface area contributed by atoms with Crippen molar-refractivity contribution in [1.29, 1.82) is 0 Å². The van der Waals surface area contributed by atoms with E-state index in [1.165, 1.54) is 5.06 Å². The van der Waals surface area contributed by atoms with E-state index < -0.39 is 0 Å². The predicted octanol–water partition coefficient (Wildman–Crippen LogP) is 3.13. The number of nitrogens with zero attached hydrogens (tertiary/aromatic N) is 1. The second-order valence-corrected chi connectivity index (χ2v) is 4.00. The van der Waals surface area contributed by atoms with Gasteiger partial charge in [0.25, 0.3) is 0 Å². The molecule has 0 fully saturated rings. The van der Waals surface area contributed by atoms with Crippen LogP contribution < -0.4 is 9.90 Å². The third-order valence-corrected chi connectivity index (χ3v) is 2.51. The second-order valence-electron chi connectivity index (χ2n) is 4.00. The normalized spacial score (nSPS) is 9.89. The maximum Gasteiger partial charge on any atom is 0.247 e. The molecule has 0 aliphatic rings. The van der Waals surface area contributed by atoms with Gasteiger partial charge in [-0.2, -0.15) is 0 Å². The van der Waals surface area contributed by atoms with E-state index in [-0.39, 0.29) is 0 Å². The quantitative estimate of drug-likeness (QED) is 0.607. The number of anilines is 1. The van der Waals surface area contributed by atoms with E-state index in [0.717, 1.165) is 11.1 Å². The summed E-state index contributed by atoms with van der Waals surface area (Å²) in [5, 5.41) is 1.18. The van der Waals surface area contributed by atoms with Gasteiger partial charge in [-0.05, 0) is 43.7 Å². The summed E-state index contributed by atoms with van der Waals surface area (Å²) in [7, 11) is 0. The lowest BCUT2D eigenvalue weighted by Crippen LogP contribution is -2.25. The topological polar surface area (TPSA) is 29.5 Å². The predicted molar refractivity (Wildman–Crippen MR) is 71.3 cm³/mol. The first-order valence-electron chi connectivity index (χ1n) is 5.60. The summed E-state index contributed by atoms with van der Waals surface area (Å²) in [4.78, 5) is 16.5. The number of amides is 1. The molecule has 1 radical (unpaired) electrons. The van der Waals surface area contributed by atoms with Crippen molar-refractivity contribution in [1.82, 2.24) is 0 Å². The lowest BCUT2D eigenvalue weighted by molar-refractivity contribution is -0.111. The average Bonchev–Trinajstić information content (AvgIpc) is 2.39. The summed E-state index contributed by atoms with van der Waals surface area (Å²) in [5.74, 6) is 0.617. The number of carbonyl (C=O) groups is 1. The summed E-state index contributed by atoms with van der Waals surface area (Å²) in [5.41, 5.74) is 2.69. The van der Waals surface area contributed by atoms with Gasteiger partial charge >= 0.3 is 0 Å². The van der Waals surface area contributed by atoms with Gasteiger partial charge in [-0.3, -0.25) is 4.79 Å². The number of hydrogen-bond acceptors (Lipinski definition) is 2. The number of benzene rings is 2. The smallest absolute Gasteiger partial charge is 0.247 e. The van der Waals surface area contributed by atoms with Crippen molar-refractivity contribution in [3.05, 3.63) is 66.6 Å². The summed E-state index contributed by atoms with van der Waals surface area (Å²) >= 11 is 0. The molecular weight excluding hydrogens is 226 g/mol. The molecule has 0 bridgehead atoms. The second kappa shape index (κ2) is 5.36. The Morgan fingerprint density at radius 1 is 1.06 bits per heavy atom. The van der Waals surface area contributed by atoms with E-state index in [4.69, 9.17) is 4.84 Å². The Hall–Kier alpha value is -2.29. The Balaban J connectivity index is 2.16. The number of aryl methyl sites for hydroxylation is 1. The molecule has 2 rings (SSSR count). The van der Waals surface area contributed by atoms with Crippen molar-refractivity contribution in [2.75, 3.05) is 5.06 Å². The van der Waals surface area contributed by atoms with Gasteiger partial charge in [-0.15, -0.1) is 5.06 Å². The molecule has 0 aliphatic carbocycles. The molecule has 3 nitrogen and oxygen atoms in total. The first-order chi connectivity index (χ1) is 8.69. The number of carbonyl (C=O) groups excluding carboxylic acids is 1. The van der Waals surface area contributed by atoms with Gasteiger partial charge in [0.15, 0.2) is 5.75 Å². The van der Waals surface area contributed by atoms with Crippen LogP contribution in [-0.2, 0) is 4.79 Å². The van der Waals surface area contributed by atoms with Crippen molar-refractivity contribution in [2.45, 2.75) is 6.92 Å². The molecule has 0 N–H and O–H groups in total. The van der Waals surface area contributed by atoms with Gasteiger partial charge in [0, 0.05) is 0 Å². The molecule has 0 spiro atoms. The van der Waals surface area contributed by atoms with Crippen LogP contribution in [0.5, 0.6) is 5.75 Å². The van der Waals surface area contributed by atoms with Crippen LogP contribution in [0.4, 0.5) is 5.69 Å². The molecule has 0 aromatic heterocycles. The van der Waals surface area contributed by atoms with Gasteiger partial charge in [-0.25, -0.2) is 0 Å². The zero-order chi connectivity index (χ0) is 13.0. The fourth-order valence-corrected chi connectivity index (χ4v) is 1.49. The SMILES string of the molecule is [CH2]c1ccc(N(C=O)Oc2ccc(C)cc2)cc1. The van der Waals surface area contributed by atoms with Crippen molar-refractivity contribution in [2.24, 2.45) is 0 Å². The number of hydroxylamine groups is 1. The van der Waals surface area contributed by atoms with Gasteiger partial charge in [-0.1, -0.05) is 29.8 Å². The summed E-state index contributed by atoms with van der Waals surface area (Å²) in [6.45, 7) is 5.79. The number of rotatable bonds is 4. The van der Waals surface area contributed by atoms with Crippen LogP contribution in [0.2, 0.25) is 0 Å². The molecule has 0 heterocycles. The summed E-state index contributed by atoms with van der Waals surface area (Å²) < 4.78 is 0. The average molecular weight is 240 g/mol. The molecule has 0 aliphatic heterocycles. The molecule has 0 saturated carbocycles. The number of hydrogen-bond donors (Lipinski definition) is 0. The highest BCUT2D eigenvalue weighted by Gasteiger charge is 2.06. The van der Waals surface area contributed by atoms with Crippen LogP contribution in [0.15, 0.2) is 48.5 Å². The van der Waals surface area contributed by atoms with Crippen LogP contribution in [0.1, 0.15) is 11.1 Å². The van der Waals surface area contributed by atoms with Gasteiger partial charge in [0.05, 0.1) is 5.69 Å². The van der Waals surface area contributed by atoms with Crippen LogP contribution in [-0.4, -0.2) is 6.41 Å². The lowest BCUT2D eigenvalue weighted by Gasteiger charge is -2.17. The highest BCUT2D eigenvalue weighted by Crippen LogP contribution is 2.18. The highest BCUT2D eigenvalue weighted by molar-refractivity contribution is 5.72. The standard InChI is InChI=1S/C15H14NO2/c1-12-3-7-14(8-4-12)16(11-17)18-15-9-5-13(2)6-10-15/h3-11H,1H2,2H3. The van der Waals surface area contributed by atoms with Crippen LogP contribution in [0, 0.1) is 13.8 Å². The lowest BCUT2D eigenvalue weighted by atomic mass is 10.2. The largest absolute Gasteiger partial charge is 0.372 e. The molecule has 1 amide bonds. The van der Waals surface area contributed by atoms with E-state index >= 15 is 0 Å². The van der Waals surface area contributed by atoms with E-state index in [1.54, 1.807) is 12.1 Å².